The molecule has 0 aromatic heterocycles. The van der Waals surface area contributed by atoms with Crippen molar-refractivity contribution in [2.24, 2.45) is 5.92 Å². The summed E-state index contributed by atoms with van der Waals surface area (Å²) in [6.07, 6.45) is 2.01. The van der Waals surface area contributed by atoms with E-state index in [9.17, 15) is 4.79 Å². The highest BCUT2D eigenvalue weighted by atomic mass is 79.9. The van der Waals surface area contributed by atoms with Crippen LogP contribution in [-0.4, -0.2) is 23.9 Å². The maximum Gasteiger partial charge on any atom is 0.228 e. The highest BCUT2D eigenvalue weighted by Gasteiger charge is 2.26. The molecule has 4 rings (SSSR count). The van der Waals surface area contributed by atoms with Gasteiger partial charge < -0.3 is 5.32 Å². The van der Waals surface area contributed by atoms with Crippen LogP contribution in [0.4, 0.5) is 5.69 Å². The van der Waals surface area contributed by atoms with Crippen LogP contribution in [0.1, 0.15) is 24.0 Å². The Morgan fingerprint density at radius 2 is 1.96 bits per heavy atom. The van der Waals surface area contributed by atoms with Crippen LogP contribution in [0.2, 0.25) is 0 Å². The summed E-state index contributed by atoms with van der Waals surface area (Å²) in [5, 5.41) is 5.69. The molecule has 0 bridgehead atoms. The first-order valence-electron chi connectivity index (χ1n) is 9.86. The monoisotopic (exact) mass is 436 g/mol. The van der Waals surface area contributed by atoms with Crippen LogP contribution in [0.3, 0.4) is 0 Å². The van der Waals surface area contributed by atoms with E-state index in [4.69, 9.17) is 0 Å². The van der Waals surface area contributed by atoms with E-state index in [1.54, 1.807) is 0 Å². The second-order valence-electron chi connectivity index (χ2n) is 7.67. The molecule has 3 aromatic rings. The van der Waals surface area contributed by atoms with Crippen LogP contribution in [0.15, 0.2) is 65.1 Å². The molecule has 1 N–H and O–H groups in total. The van der Waals surface area contributed by atoms with Gasteiger partial charge in [-0.1, -0.05) is 58.4 Å². The molecule has 1 aliphatic heterocycles. The smallest absolute Gasteiger partial charge is 0.228 e. The summed E-state index contributed by atoms with van der Waals surface area (Å²) in [5.41, 5.74) is 3.33. The molecule has 1 atom stereocenters. The summed E-state index contributed by atoms with van der Waals surface area (Å²) < 4.78 is 1.06. The first-order valence-corrected chi connectivity index (χ1v) is 10.7. The van der Waals surface area contributed by atoms with Crippen molar-refractivity contribution in [1.29, 1.82) is 0 Å². The van der Waals surface area contributed by atoms with Crippen molar-refractivity contribution < 1.29 is 4.79 Å². The van der Waals surface area contributed by atoms with Gasteiger partial charge in [0.15, 0.2) is 0 Å². The molecule has 1 amide bonds. The van der Waals surface area contributed by atoms with E-state index in [1.165, 1.54) is 16.3 Å². The van der Waals surface area contributed by atoms with Crippen molar-refractivity contribution in [1.82, 2.24) is 4.90 Å². The predicted octanol–water partition coefficient (Wildman–Crippen LogP) is 5.76. The Kier molecular flexibility index (Phi) is 5.79. The van der Waals surface area contributed by atoms with Gasteiger partial charge in [0.25, 0.3) is 0 Å². The molecular formula is C24H25BrN2O. The molecule has 1 aliphatic rings. The molecule has 4 heteroatoms. The van der Waals surface area contributed by atoms with Crippen molar-refractivity contribution in [2.45, 2.75) is 26.3 Å². The normalized spacial score (nSPS) is 17.6. The van der Waals surface area contributed by atoms with Crippen LogP contribution in [0.25, 0.3) is 10.8 Å². The summed E-state index contributed by atoms with van der Waals surface area (Å²) in [6.45, 7) is 4.78. The molecule has 3 aromatic carbocycles. The van der Waals surface area contributed by atoms with Crippen LogP contribution in [0.5, 0.6) is 0 Å². The third-order valence-corrected chi connectivity index (χ3v) is 6.47. The Hall–Kier alpha value is -2.17. The Labute approximate surface area is 174 Å². The molecule has 1 heterocycles. The summed E-state index contributed by atoms with van der Waals surface area (Å²) in [4.78, 5) is 15.2. The number of benzene rings is 3. The third kappa shape index (κ3) is 4.29. The van der Waals surface area contributed by atoms with Gasteiger partial charge in [0.1, 0.15) is 0 Å². The Morgan fingerprint density at radius 3 is 2.82 bits per heavy atom. The van der Waals surface area contributed by atoms with Gasteiger partial charge in [-0.15, -0.1) is 0 Å². The van der Waals surface area contributed by atoms with Gasteiger partial charge in [-0.2, -0.15) is 0 Å². The lowest BCUT2D eigenvalue weighted by atomic mass is 9.96. The second-order valence-corrected chi connectivity index (χ2v) is 8.52. The number of hydrogen-bond acceptors (Lipinski definition) is 2. The minimum Gasteiger partial charge on any atom is -0.326 e. The number of aryl methyl sites for hydroxylation is 1. The molecule has 3 nitrogen and oxygen atoms in total. The van der Waals surface area contributed by atoms with Gasteiger partial charge in [0.2, 0.25) is 5.91 Å². The maximum absolute atomic E-state index is 12.8. The average molecular weight is 437 g/mol. The van der Waals surface area contributed by atoms with Gasteiger partial charge >= 0.3 is 0 Å². The minimum absolute atomic E-state index is 0.0349. The molecule has 1 saturated heterocycles. The van der Waals surface area contributed by atoms with E-state index in [0.717, 1.165) is 48.2 Å². The Balaban J connectivity index is 1.43. The number of carbonyl (C=O) groups is 1. The fraction of sp³-hybridized carbons (Fsp3) is 0.292. The maximum atomic E-state index is 12.8. The first-order chi connectivity index (χ1) is 13.6. The van der Waals surface area contributed by atoms with E-state index in [1.807, 2.05) is 25.1 Å². The molecule has 0 radical (unpaired) electrons. The summed E-state index contributed by atoms with van der Waals surface area (Å²) in [5.74, 6) is 0.164. The van der Waals surface area contributed by atoms with Crippen molar-refractivity contribution in [3.05, 3.63) is 76.3 Å². The number of piperidine rings is 1. The van der Waals surface area contributed by atoms with E-state index in [-0.39, 0.29) is 11.8 Å². The number of nitrogens with zero attached hydrogens (tertiary/aromatic N) is 1. The molecule has 0 aliphatic carbocycles. The standard InChI is InChI=1S/C24H25BrN2O/c1-17-14-21(11-12-23(17)25)26-24(28)20-9-5-13-27(16-20)15-19-8-4-7-18-6-2-3-10-22(18)19/h2-4,6-8,10-12,14,20H,5,9,13,15-16H2,1H3,(H,26,28). The fourth-order valence-electron chi connectivity index (χ4n) is 4.05. The zero-order valence-corrected chi connectivity index (χ0v) is 17.7. The molecular weight excluding hydrogens is 412 g/mol. The van der Waals surface area contributed by atoms with Gasteiger partial charge in [-0.05, 0) is 66.4 Å². The predicted molar refractivity (Wildman–Crippen MR) is 119 cm³/mol. The van der Waals surface area contributed by atoms with Crippen molar-refractivity contribution in [2.75, 3.05) is 18.4 Å². The molecule has 1 fully saturated rings. The van der Waals surface area contributed by atoms with E-state index in [2.05, 4.69) is 68.6 Å². The van der Waals surface area contributed by atoms with Gasteiger partial charge in [0.05, 0.1) is 5.92 Å². The zero-order valence-electron chi connectivity index (χ0n) is 16.1. The first kappa shape index (κ1) is 19.2. The van der Waals surface area contributed by atoms with Crippen LogP contribution < -0.4 is 5.32 Å². The molecule has 0 saturated carbocycles. The third-order valence-electron chi connectivity index (χ3n) is 5.58. The molecule has 144 valence electrons. The fourth-order valence-corrected chi connectivity index (χ4v) is 4.30. The van der Waals surface area contributed by atoms with Crippen LogP contribution in [-0.2, 0) is 11.3 Å². The number of fused-ring (bicyclic) bond motifs is 1. The number of likely N-dealkylation sites (tertiary alicyclic amines) is 1. The highest BCUT2D eigenvalue weighted by molar-refractivity contribution is 9.10. The lowest BCUT2D eigenvalue weighted by molar-refractivity contribution is -0.121. The minimum atomic E-state index is 0.0349. The number of carbonyl (C=O) groups excluding carboxylic acids is 1. The van der Waals surface area contributed by atoms with Crippen molar-refractivity contribution in [3.8, 4) is 0 Å². The van der Waals surface area contributed by atoms with E-state index < -0.39 is 0 Å². The lowest BCUT2D eigenvalue weighted by Crippen LogP contribution is -2.40. The quantitative estimate of drug-likeness (QED) is 0.563. The average Bonchev–Trinajstić information content (AvgIpc) is 2.71. The van der Waals surface area contributed by atoms with Crippen LogP contribution >= 0.6 is 15.9 Å². The van der Waals surface area contributed by atoms with E-state index in [0.29, 0.717) is 0 Å². The highest BCUT2D eigenvalue weighted by Crippen LogP contribution is 2.25. The summed E-state index contributed by atoms with van der Waals surface area (Å²) in [7, 11) is 0. The SMILES string of the molecule is Cc1cc(NC(=O)C2CCCN(Cc3cccc4ccccc34)C2)ccc1Br. The lowest BCUT2D eigenvalue weighted by Gasteiger charge is -2.32. The molecule has 0 spiro atoms. The molecule has 1 unspecified atom stereocenters. The van der Waals surface area contributed by atoms with Gasteiger partial charge in [-0.25, -0.2) is 0 Å². The topological polar surface area (TPSA) is 32.3 Å². The number of halogens is 1. The zero-order chi connectivity index (χ0) is 19.5. The number of rotatable bonds is 4. The van der Waals surface area contributed by atoms with Gasteiger partial charge in [-0.3, -0.25) is 9.69 Å². The largest absolute Gasteiger partial charge is 0.326 e. The summed E-state index contributed by atoms with van der Waals surface area (Å²) in [6, 6.07) is 21.0. The number of amides is 1. The molecule has 28 heavy (non-hydrogen) atoms. The summed E-state index contributed by atoms with van der Waals surface area (Å²) >= 11 is 3.51. The van der Waals surface area contributed by atoms with Crippen molar-refractivity contribution >= 4 is 38.3 Å². The second kappa shape index (κ2) is 8.46. The van der Waals surface area contributed by atoms with Crippen molar-refractivity contribution in [3.63, 3.8) is 0 Å². The van der Waals surface area contributed by atoms with Gasteiger partial charge in [0, 0.05) is 23.2 Å². The number of anilines is 1. The Bertz CT molecular complexity index is 996. The number of hydrogen-bond donors (Lipinski definition) is 1. The Morgan fingerprint density at radius 1 is 1.14 bits per heavy atom. The van der Waals surface area contributed by atoms with Crippen LogP contribution in [0, 0.1) is 12.8 Å². The van der Waals surface area contributed by atoms with E-state index >= 15 is 0 Å². The number of nitrogens with one attached hydrogen (secondary N) is 1.